The summed E-state index contributed by atoms with van der Waals surface area (Å²) >= 11 is 0. The van der Waals surface area contributed by atoms with Crippen molar-refractivity contribution in [2.24, 2.45) is 5.41 Å². The van der Waals surface area contributed by atoms with Gasteiger partial charge in [-0.1, -0.05) is 18.7 Å². The van der Waals surface area contributed by atoms with E-state index in [4.69, 9.17) is 4.74 Å². The van der Waals surface area contributed by atoms with E-state index in [1.165, 1.54) is 0 Å². The molecule has 0 fully saturated rings. The first-order chi connectivity index (χ1) is 5.54. The summed E-state index contributed by atoms with van der Waals surface area (Å²) in [6.45, 7) is 11.0. The van der Waals surface area contributed by atoms with Crippen LogP contribution in [0.15, 0.2) is 25.3 Å². The zero-order valence-corrected chi connectivity index (χ0v) is 7.80. The average Bonchev–Trinajstić information content (AvgIpc) is 2.00. The van der Waals surface area contributed by atoms with Gasteiger partial charge in [-0.2, -0.15) is 0 Å². The summed E-state index contributed by atoms with van der Waals surface area (Å²) in [5.41, 5.74) is -0.467. The molecule has 2 heteroatoms. The molecule has 0 unspecified atom stereocenters. The van der Waals surface area contributed by atoms with Crippen LogP contribution in [0, 0.1) is 5.41 Å². The van der Waals surface area contributed by atoms with Gasteiger partial charge in [0.15, 0.2) is 0 Å². The molecule has 0 aromatic carbocycles. The van der Waals surface area contributed by atoms with E-state index in [-0.39, 0.29) is 12.6 Å². The fourth-order valence-electron chi connectivity index (χ4n) is 0.774. The van der Waals surface area contributed by atoms with E-state index in [2.05, 4.69) is 13.2 Å². The van der Waals surface area contributed by atoms with Gasteiger partial charge >= 0.3 is 5.97 Å². The summed E-state index contributed by atoms with van der Waals surface area (Å²) in [5.74, 6) is -0.206. The second-order valence-corrected chi connectivity index (χ2v) is 3.26. The molecule has 0 aliphatic rings. The maximum absolute atomic E-state index is 11.3. The van der Waals surface area contributed by atoms with Gasteiger partial charge in [0.2, 0.25) is 0 Å². The van der Waals surface area contributed by atoms with E-state index < -0.39 is 5.41 Å². The molecule has 2 nitrogen and oxygen atoms in total. The Kier molecular flexibility index (Phi) is 4.34. The molecule has 0 aromatic heterocycles. The molecule has 0 atom stereocenters. The smallest absolute Gasteiger partial charge is 0.312 e. The number of carbonyl (C=O) groups is 1. The van der Waals surface area contributed by atoms with Gasteiger partial charge in [-0.15, -0.1) is 6.58 Å². The van der Waals surface area contributed by atoms with Crippen molar-refractivity contribution in [1.29, 1.82) is 0 Å². The Morgan fingerprint density at radius 1 is 1.42 bits per heavy atom. The van der Waals surface area contributed by atoms with Gasteiger partial charge in [0.1, 0.15) is 6.61 Å². The molecule has 0 amide bonds. The van der Waals surface area contributed by atoms with Crippen LogP contribution in [0.3, 0.4) is 0 Å². The lowest BCUT2D eigenvalue weighted by Crippen LogP contribution is -2.25. The highest BCUT2D eigenvalue weighted by molar-refractivity contribution is 5.76. The molecule has 0 saturated heterocycles. The van der Waals surface area contributed by atoms with E-state index in [1.807, 2.05) is 13.8 Å². The Labute approximate surface area is 73.9 Å². The highest BCUT2D eigenvalue weighted by Gasteiger charge is 2.27. The number of esters is 1. The minimum atomic E-state index is -0.467. The van der Waals surface area contributed by atoms with Crippen LogP contribution in [0.1, 0.15) is 20.3 Å². The monoisotopic (exact) mass is 168 g/mol. The molecule has 68 valence electrons. The zero-order chi connectivity index (χ0) is 9.61. The molecular formula is C10H16O2. The normalized spacial score (nSPS) is 10.5. The van der Waals surface area contributed by atoms with Gasteiger partial charge < -0.3 is 4.74 Å². The molecule has 0 saturated carbocycles. The maximum Gasteiger partial charge on any atom is 0.312 e. The average molecular weight is 168 g/mol. The molecule has 0 heterocycles. The van der Waals surface area contributed by atoms with Crippen LogP contribution in [-0.2, 0) is 9.53 Å². The van der Waals surface area contributed by atoms with Crippen LogP contribution in [-0.4, -0.2) is 12.6 Å². The number of hydrogen-bond acceptors (Lipinski definition) is 2. The molecule has 0 aliphatic carbocycles. The minimum absolute atomic E-state index is 0.206. The summed E-state index contributed by atoms with van der Waals surface area (Å²) in [4.78, 5) is 11.3. The van der Waals surface area contributed by atoms with Crippen LogP contribution >= 0.6 is 0 Å². The van der Waals surface area contributed by atoms with Gasteiger partial charge in [-0.3, -0.25) is 4.79 Å². The van der Waals surface area contributed by atoms with Crippen LogP contribution in [0.25, 0.3) is 0 Å². The number of hydrogen-bond donors (Lipinski definition) is 0. The van der Waals surface area contributed by atoms with E-state index >= 15 is 0 Å². The molecule has 12 heavy (non-hydrogen) atoms. The summed E-state index contributed by atoms with van der Waals surface area (Å²) in [6.07, 6.45) is 3.90. The second-order valence-electron chi connectivity index (χ2n) is 3.26. The zero-order valence-electron chi connectivity index (χ0n) is 7.80. The predicted molar refractivity (Wildman–Crippen MR) is 49.8 cm³/mol. The number of allylic oxidation sites excluding steroid dienone is 1. The summed E-state index contributed by atoms with van der Waals surface area (Å²) in [7, 11) is 0. The fourth-order valence-corrected chi connectivity index (χ4v) is 0.774. The number of rotatable bonds is 5. The van der Waals surface area contributed by atoms with Gasteiger partial charge in [-0.25, -0.2) is 0 Å². The first kappa shape index (κ1) is 11.0. The Bertz CT molecular complexity index is 180. The van der Waals surface area contributed by atoms with Gasteiger partial charge in [0.25, 0.3) is 0 Å². The predicted octanol–water partition coefficient (Wildman–Crippen LogP) is 2.32. The largest absolute Gasteiger partial charge is 0.461 e. The number of ether oxygens (including phenoxy) is 1. The second kappa shape index (κ2) is 4.75. The third-order valence-electron chi connectivity index (χ3n) is 1.54. The van der Waals surface area contributed by atoms with Crippen molar-refractivity contribution in [2.45, 2.75) is 20.3 Å². The number of carbonyl (C=O) groups excluding carboxylic acids is 1. The highest BCUT2D eigenvalue weighted by Crippen LogP contribution is 2.22. The fraction of sp³-hybridized carbons (Fsp3) is 0.500. The molecular weight excluding hydrogens is 152 g/mol. The summed E-state index contributed by atoms with van der Waals surface area (Å²) in [6, 6.07) is 0. The third kappa shape index (κ3) is 3.37. The van der Waals surface area contributed by atoms with Crippen LogP contribution < -0.4 is 0 Å². The van der Waals surface area contributed by atoms with Crippen molar-refractivity contribution in [3.8, 4) is 0 Å². The summed E-state index contributed by atoms with van der Waals surface area (Å²) in [5, 5.41) is 0. The van der Waals surface area contributed by atoms with Crippen LogP contribution in [0.5, 0.6) is 0 Å². The van der Waals surface area contributed by atoms with Crippen molar-refractivity contribution in [3.63, 3.8) is 0 Å². The molecule has 0 aliphatic heterocycles. The van der Waals surface area contributed by atoms with Crippen molar-refractivity contribution in [1.82, 2.24) is 0 Å². The van der Waals surface area contributed by atoms with Crippen LogP contribution in [0.2, 0.25) is 0 Å². The summed E-state index contributed by atoms with van der Waals surface area (Å²) < 4.78 is 4.90. The van der Waals surface area contributed by atoms with E-state index in [0.717, 1.165) is 0 Å². The van der Waals surface area contributed by atoms with Crippen LogP contribution in [0.4, 0.5) is 0 Å². The van der Waals surface area contributed by atoms with Gasteiger partial charge in [0, 0.05) is 0 Å². The lowest BCUT2D eigenvalue weighted by molar-refractivity contribution is -0.152. The van der Waals surface area contributed by atoms with Crippen molar-refractivity contribution < 1.29 is 9.53 Å². The lowest BCUT2D eigenvalue weighted by Gasteiger charge is -2.19. The molecule has 0 radical (unpaired) electrons. The highest BCUT2D eigenvalue weighted by atomic mass is 16.5. The Balaban J connectivity index is 4.04. The van der Waals surface area contributed by atoms with E-state index in [0.29, 0.717) is 6.42 Å². The van der Waals surface area contributed by atoms with E-state index in [1.54, 1.807) is 12.2 Å². The van der Waals surface area contributed by atoms with Gasteiger partial charge in [-0.05, 0) is 20.3 Å². The van der Waals surface area contributed by atoms with Crippen molar-refractivity contribution >= 4 is 5.97 Å². The molecule has 0 bridgehead atoms. The van der Waals surface area contributed by atoms with E-state index in [9.17, 15) is 4.79 Å². The third-order valence-corrected chi connectivity index (χ3v) is 1.54. The van der Waals surface area contributed by atoms with Crippen molar-refractivity contribution in [2.75, 3.05) is 6.61 Å². The standard InChI is InChI=1S/C10H16O2/c1-5-7-10(3,4)9(11)12-8-6-2/h5-6H,1-2,7-8H2,3-4H3. The molecule has 0 N–H and O–H groups in total. The molecule has 0 spiro atoms. The SMILES string of the molecule is C=CCOC(=O)C(C)(C)CC=C. The Hall–Kier alpha value is -1.05. The minimum Gasteiger partial charge on any atom is -0.461 e. The topological polar surface area (TPSA) is 26.3 Å². The quantitative estimate of drug-likeness (QED) is 0.465. The van der Waals surface area contributed by atoms with Gasteiger partial charge in [0.05, 0.1) is 5.41 Å². The molecule has 0 rings (SSSR count). The maximum atomic E-state index is 11.3. The molecule has 0 aromatic rings. The first-order valence-corrected chi connectivity index (χ1v) is 3.93. The Morgan fingerprint density at radius 3 is 2.42 bits per heavy atom. The van der Waals surface area contributed by atoms with Crippen molar-refractivity contribution in [3.05, 3.63) is 25.3 Å². The Morgan fingerprint density at radius 2 is 2.00 bits per heavy atom. The lowest BCUT2D eigenvalue weighted by atomic mass is 9.90. The first-order valence-electron chi connectivity index (χ1n) is 3.93.